The molecule has 6 heteroatoms. The fraction of sp³-hybridized carbons (Fsp3) is 0.550. The minimum Gasteiger partial charge on any atom is -0.360 e. The molecule has 2 aliphatic rings. The molecule has 0 radical (unpaired) electrons. The molecule has 2 aromatic heterocycles. The largest absolute Gasteiger partial charge is 0.360 e. The van der Waals surface area contributed by atoms with E-state index in [-0.39, 0.29) is 0 Å². The van der Waals surface area contributed by atoms with Crippen LogP contribution in [0.4, 0.5) is 11.6 Å². The van der Waals surface area contributed by atoms with E-state index in [1.165, 1.54) is 30.6 Å². The Balaban J connectivity index is 1.53. The number of aryl methyl sites for hydroxylation is 1. The molecule has 4 rings (SSSR count). The van der Waals surface area contributed by atoms with Gasteiger partial charge in [-0.2, -0.15) is 0 Å². The summed E-state index contributed by atoms with van der Waals surface area (Å²) >= 11 is 0. The van der Waals surface area contributed by atoms with Gasteiger partial charge in [0.25, 0.3) is 0 Å². The van der Waals surface area contributed by atoms with Crippen LogP contribution in [0.1, 0.15) is 24.1 Å². The van der Waals surface area contributed by atoms with Crippen molar-refractivity contribution in [3.05, 3.63) is 42.0 Å². The number of likely N-dealkylation sites (tertiary alicyclic amines) is 1. The summed E-state index contributed by atoms with van der Waals surface area (Å²) in [6, 6.07) is 4.75. The second kappa shape index (κ2) is 7.19. The number of fused-ring (bicyclic) bond motifs is 1. The third kappa shape index (κ3) is 3.26. The SMILES string of the molecule is Cc1cccnc1CN1CCC2CCN(c3nccnc3N(C)C)CC21. The average Bonchev–Trinajstić information content (AvgIpc) is 3.05. The first-order valence-corrected chi connectivity index (χ1v) is 9.51. The number of aromatic nitrogens is 3. The number of pyridine rings is 1. The predicted octanol–water partition coefficient (Wildman–Crippen LogP) is 2.35. The molecule has 2 saturated heterocycles. The van der Waals surface area contributed by atoms with Crippen molar-refractivity contribution >= 4 is 11.6 Å². The van der Waals surface area contributed by atoms with Crippen LogP contribution in [0.25, 0.3) is 0 Å². The van der Waals surface area contributed by atoms with Crippen LogP contribution in [0.3, 0.4) is 0 Å². The number of piperidine rings is 1. The average molecular weight is 352 g/mol. The Kier molecular flexibility index (Phi) is 4.76. The lowest BCUT2D eigenvalue weighted by Gasteiger charge is -2.39. The van der Waals surface area contributed by atoms with Gasteiger partial charge in [-0.3, -0.25) is 9.88 Å². The van der Waals surface area contributed by atoms with Gasteiger partial charge in [0.05, 0.1) is 5.69 Å². The van der Waals surface area contributed by atoms with Gasteiger partial charge in [0.1, 0.15) is 0 Å². The van der Waals surface area contributed by atoms with E-state index in [0.717, 1.165) is 37.2 Å². The lowest BCUT2D eigenvalue weighted by atomic mass is 9.92. The highest BCUT2D eigenvalue weighted by atomic mass is 15.3. The minimum atomic E-state index is 0.571. The number of hydrogen-bond donors (Lipinski definition) is 0. The molecular formula is C20H28N6. The molecule has 0 spiro atoms. The zero-order valence-corrected chi connectivity index (χ0v) is 16.0. The van der Waals surface area contributed by atoms with Crippen LogP contribution in [-0.4, -0.2) is 59.6 Å². The van der Waals surface area contributed by atoms with E-state index in [1.54, 1.807) is 12.4 Å². The Morgan fingerprint density at radius 1 is 1.08 bits per heavy atom. The van der Waals surface area contributed by atoms with Crippen molar-refractivity contribution in [2.45, 2.75) is 32.4 Å². The van der Waals surface area contributed by atoms with E-state index in [1.807, 2.05) is 26.4 Å². The van der Waals surface area contributed by atoms with Gasteiger partial charge in [-0.1, -0.05) is 6.07 Å². The first-order valence-electron chi connectivity index (χ1n) is 9.51. The Labute approximate surface area is 155 Å². The van der Waals surface area contributed by atoms with E-state index in [0.29, 0.717) is 6.04 Å². The van der Waals surface area contributed by atoms with E-state index in [9.17, 15) is 0 Å². The Morgan fingerprint density at radius 2 is 1.88 bits per heavy atom. The summed E-state index contributed by atoms with van der Waals surface area (Å²) in [5.41, 5.74) is 2.49. The van der Waals surface area contributed by atoms with Crippen LogP contribution < -0.4 is 9.80 Å². The molecule has 2 aromatic rings. The first-order chi connectivity index (χ1) is 12.6. The molecule has 0 amide bonds. The molecule has 0 saturated carbocycles. The molecule has 2 fully saturated rings. The highest BCUT2D eigenvalue weighted by Gasteiger charge is 2.39. The summed E-state index contributed by atoms with van der Waals surface area (Å²) < 4.78 is 0. The smallest absolute Gasteiger partial charge is 0.172 e. The van der Waals surface area contributed by atoms with Crippen molar-refractivity contribution in [3.8, 4) is 0 Å². The van der Waals surface area contributed by atoms with Crippen molar-refractivity contribution in [3.63, 3.8) is 0 Å². The number of hydrogen-bond acceptors (Lipinski definition) is 6. The van der Waals surface area contributed by atoms with Gasteiger partial charge < -0.3 is 9.80 Å². The molecule has 0 aromatic carbocycles. The quantitative estimate of drug-likeness (QED) is 0.842. The van der Waals surface area contributed by atoms with Gasteiger partial charge in [-0.15, -0.1) is 0 Å². The van der Waals surface area contributed by atoms with Gasteiger partial charge in [-0.25, -0.2) is 9.97 Å². The predicted molar refractivity (Wildman–Crippen MR) is 104 cm³/mol. The van der Waals surface area contributed by atoms with Crippen molar-refractivity contribution in [2.75, 3.05) is 43.5 Å². The third-order valence-electron chi connectivity index (χ3n) is 5.83. The van der Waals surface area contributed by atoms with Gasteiger partial charge in [0, 0.05) is 58.4 Å². The van der Waals surface area contributed by atoms with Crippen LogP contribution >= 0.6 is 0 Å². The lowest BCUT2D eigenvalue weighted by Crippen LogP contribution is -2.48. The molecule has 6 nitrogen and oxygen atoms in total. The molecule has 26 heavy (non-hydrogen) atoms. The van der Waals surface area contributed by atoms with Crippen LogP contribution in [0.5, 0.6) is 0 Å². The number of rotatable bonds is 4. The summed E-state index contributed by atoms with van der Waals surface area (Å²) in [6.45, 7) is 6.36. The lowest BCUT2D eigenvalue weighted by molar-refractivity contribution is 0.198. The second-order valence-corrected chi connectivity index (χ2v) is 7.69. The van der Waals surface area contributed by atoms with Crippen LogP contribution in [-0.2, 0) is 6.54 Å². The minimum absolute atomic E-state index is 0.571. The summed E-state index contributed by atoms with van der Waals surface area (Å²) in [5, 5.41) is 0. The Hall–Kier alpha value is -2.21. The maximum absolute atomic E-state index is 4.65. The number of nitrogens with zero attached hydrogens (tertiary/aromatic N) is 6. The molecule has 2 aliphatic heterocycles. The van der Waals surface area contributed by atoms with Gasteiger partial charge in [0.2, 0.25) is 0 Å². The highest BCUT2D eigenvalue weighted by Crippen LogP contribution is 2.35. The molecule has 2 atom stereocenters. The van der Waals surface area contributed by atoms with Crippen molar-refractivity contribution in [2.24, 2.45) is 5.92 Å². The maximum Gasteiger partial charge on any atom is 0.172 e. The maximum atomic E-state index is 4.65. The molecular weight excluding hydrogens is 324 g/mol. The zero-order valence-electron chi connectivity index (χ0n) is 16.0. The van der Waals surface area contributed by atoms with E-state index < -0.39 is 0 Å². The molecule has 0 aliphatic carbocycles. The molecule has 0 N–H and O–H groups in total. The monoisotopic (exact) mass is 352 g/mol. The second-order valence-electron chi connectivity index (χ2n) is 7.69. The van der Waals surface area contributed by atoms with Gasteiger partial charge >= 0.3 is 0 Å². The first kappa shape index (κ1) is 17.2. The topological polar surface area (TPSA) is 48.4 Å². The van der Waals surface area contributed by atoms with Crippen molar-refractivity contribution < 1.29 is 0 Å². The Bertz CT molecular complexity index is 761. The summed E-state index contributed by atoms with van der Waals surface area (Å²) in [6.07, 6.45) is 8.01. The van der Waals surface area contributed by atoms with Gasteiger partial charge in [0.15, 0.2) is 11.6 Å². The Morgan fingerprint density at radius 3 is 2.69 bits per heavy atom. The standard InChI is InChI=1S/C20H28N6/c1-15-5-4-8-21-17(15)13-25-11-6-16-7-12-26(14-18(16)25)20-19(24(2)3)22-9-10-23-20/h4-5,8-10,16,18H,6-7,11-14H2,1-3H3. The van der Waals surface area contributed by atoms with Crippen molar-refractivity contribution in [1.82, 2.24) is 19.9 Å². The van der Waals surface area contributed by atoms with E-state index >= 15 is 0 Å². The summed E-state index contributed by atoms with van der Waals surface area (Å²) in [5.74, 6) is 2.75. The van der Waals surface area contributed by atoms with Crippen LogP contribution in [0, 0.1) is 12.8 Å². The van der Waals surface area contributed by atoms with E-state index in [2.05, 4.69) is 42.6 Å². The normalized spacial score (nSPS) is 23.1. The molecule has 0 bridgehead atoms. The molecule has 138 valence electrons. The molecule has 4 heterocycles. The fourth-order valence-electron chi connectivity index (χ4n) is 4.35. The summed E-state index contributed by atoms with van der Waals surface area (Å²) in [4.78, 5) is 20.9. The molecule has 2 unspecified atom stereocenters. The van der Waals surface area contributed by atoms with Crippen molar-refractivity contribution in [1.29, 1.82) is 0 Å². The highest BCUT2D eigenvalue weighted by molar-refractivity contribution is 5.61. The van der Waals surface area contributed by atoms with Crippen LogP contribution in [0.2, 0.25) is 0 Å². The third-order valence-corrected chi connectivity index (χ3v) is 5.83. The fourth-order valence-corrected chi connectivity index (χ4v) is 4.35. The van der Waals surface area contributed by atoms with E-state index in [4.69, 9.17) is 0 Å². The number of anilines is 2. The van der Waals surface area contributed by atoms with Crippen LogP contribution in [0.15, 0.2) is 30.7 Å². The summed E-state index contributed by atoms with van der Waals surface area (Å²) in [7, 11) is 4.07. The zero-order chi connectivity index (χ0) is 18.1. The van der Waals surface area contributed by atoms with Gasteiger partial charge in [-0.05, 0) is 43.9 Å².